The van der Waals surface area contributed by atoms with Gasteiger partial charge in [-0.1, -0.05) is 6.07 Å². The van der Waals surface area contributed by atoms with Gasteiger partial charge in [-0.05, 0) is 43.9 Å². The van der Waals surface area contributed by atoms with Crippen LogP contribution in [0.3, 0.4) is 0 Å². The van der Waals surface area contributed by atoms with Crippen LogP contribution in [-0.4, -0.2) is 39.0 Å². The Morgan fingerprint density at radius 1 is 1.06 bits per heavy atom. The van der Waals surface area contributed by atoms with Gasteiger partial charge in [0.15, 0.2) is 0 Å². The van der Waals surface area contributed by atoms with E-state index in [1.807, 2.05) is 0 Å². The normalized spacial score (nSPS) is 18.2. The average Bonchev–Trinajstić information content (AvgIpc) is 3.25. The Labute approximate surface area is 186 Å². The molecule has 7 nitrogen and oxygen atoms in total. The van der Waals surface area contributed by atoms with E-state index in [4.69, 9.17) is 0 Å². The van der Waals surface area contributed by atoms with Crippen LogP contribution < -0.4 is 10.6 Å². The molecule has 1 fully saturated rings. The number of carbonyl (C=O) groups excluding carboxylic acids is 2. The monoisotopic (exact) mass is 458 g/mol. The number of rotatable bonds is 5. The Balaban J connectivity index is 1.49. The number of carbonyl (C=O) groups is 2. The highest BCUT2D eigenvalue weighted by Crippen LogP contribution is 2.29. The number of pyridine rings is 1. The van der Waals surface area contributed by atoms with Crippen molar-refractivity contribution in [3.63, 3.8) is 0 Å². The van der Waals surface area contributed by atoms with Crippen molar-refractivity contribution < 1.29 is 23.5 Å². The van der Waals surface area contributed by atoms with E-state index in [2.05, 4.69) is 20.6 Å². The third kappa shape index (κ3) is 4.81. The Hall–Kier alpha value is -3.24. The van der Waals surface area contributed by atoms with Gasteiger partial charge in [-0.25, -0.2) is 13.8 Å². The lowest BCUT2D eigenvalue weighted by Gasteiger charge is -2.26. The van der Waals surface area contributed by atoms with E-state index in [1.165, 1.54) is 29.9 Å². The summed E-state index contributed by atoms with van der Waals surface area (Å²) in [4.78, 5) is 33.5. The second-order valence-electron chi connectivity index (χ2n) is 7.49. The fraction of sp³-hybridized carbons (Fsp3) is 0.273. The minimum atomic E-state index is -0.769. The molecule has 1 saturated carbocycles. The summed E-state index contributed by atoms with van der Waals surface area (Å²) >= 11 is 0.940. The maximum Gasteiger partial charge on any atom is 0.275 e. The summed E-state index contributed by atoms with van der Waals surface area (Å²) < 4.78 is 28.0. The predicted octanol–water partition coefficient (Wildman–Crippen LogP) is 3.77. The lowest BCUT2D eigenvalue weighted by atomic mass is 9.93. The molecule has 0 spiro atoms. The largest absolute Gasteiger partial charge is 0.393 e. The van der Waals surface area contributed by atoms with Crippen LogP contribution >= 0.6 is 11.3 Å². The maximum atomic E-state index is 14.0. The number of thiazole rings is 1. The molecule has 0 atom stereocenters. The topological polar surface area (TPSA) is 104 Å². The number of benzene rings is 1. The number of aliphatic hydroxyl groups excluding tert-OH is 1. The highest BCUT2D eigenvalue weighted by atomic mass is 32.1. The number of halogens is 2. The first-order chi connectivity index (χ1) is 15.4. The molecule has 1 aromatic carbocycles. The first-order valence-electron chi connectivity index (χ1n) is 10.1. The molecule has 2 aromatic heterocycles. The minimum absolute atomic E-state index is 0.0305. The highest BCUT2D eigenvalue weighted by molar-refractivity contribution is 7.13. The third-order valence-corrected chi connectivity index (χ3v) is 6.12. The summed E-state index contributed by atoms with van der Waals surface area (Å²) in [5, 5.41) is 16.6. The van der Waals surface area contributed by atoms with Gasteiger partial charge in [0.2, 0.25) is 0 Å². The second kappa shape index (κ2) is 9.49. The van der Waals surface area contributed by atoms with Crippen LogP contribution in [0, 0.1) is 11.6 Å². The summed E-state index contributed by atoms with van der Waals surface area (Å²) in [7, 11) is 0. The summed E-state index contributed by atoms with van der Waals surface area (Å²) in [6.07, 6.45) is 5.03. The zero-order valence-corrected chi connectivity index (χ0v) is 17.7. The van der Waals surface area contributed by atoms with Gasteiger partial charge in [-0.15, -0.1) is 11.3 Å². The molecule has 1 aliphatic carbocycles. The van der Waals surface area contributed by atoms with Gasteiger partial charge in [0, 0.05) is 23.8 Å². The van der Waals surface area contributed by atoms with Gasteiger partial charge >= 0.3 is 0 Å². The number of anilines is 1. The molecule has 2 heterocycles. The van der Waals surface area contributed by atoms with Crippen LogP contribution in [0.1, 0.15) is 46.5 Å². The molecule has 10 heteroatoms. The van der Waals surface area contributed by atoms with Gasteiger partial charge in [0.25, 0.3) is 11.8 Å². The first kappa shape index (κ1) is 22.0. The molecule has 3 aromatic rings. The number of nitrogens with one attached hydrogen (secondary N) is 2. The number of nitrogens with zero attached hydrogens (tertiary/aromatic N) is 2. The molecule has 0 bridgehead atoms. The molecular formula is C22H20F2N4O3S. The third-order valence-electron chi connectivity index (χ3n) is 5.26. The minimum Gasteiger partial charge on any atom is -0.393 e. The van der Waals surface area contributed by atoms with E-state index in [0.717, 1.165) is 23.5 Å². The Bertz CT molecular complexity index is 1130. The second-order valence-corrected chi connectivity index (χ2v) is 8.35. The van der Waals surface area contributed by atoms with Crippen molar-refractivity contribution in [3.05, 3.63) is 64.9 Å². The quantitative estimate of drug-likeness (QED) is 0.540. The van der Waals surface area contributed by atoms with Crippen LogP contribution in [0.2, 0.25) is 0 Å². The predicted molar refractivity (Wildman–Crippen MR) is 115 cm³/mol. The Kier molecular flexibility index (Phi) is 6.52. The van der Waals surface area contributed by atoms with Crippen molar-refractivity contribution >= 4 is 28.8 Å². The van der Waals surface area contributed by atoms with Gasteiger partial charge in [0.1, 0.15) is 22.3 Å². The van der Waals surface area contributed by atoms with Crippen molar-refractivity contribution in [2.24, 2.45) is 0 Å². The zero-order valence-electron chi connectivity index (χ0n) is 16.8. The molecule has 2 amide bonds. The van der Waals surface area contributed by atoms with Crippen molar-refractivity contribution in [2.75, 3.05) is 5.32 Å². The molecule has 3 N–H and O–H groups in total. The summed E-state index contributed by atoms with van der Waals surface area (Å²) in [5.74, 6) is -2.54. The summed E-state index contributed by atoms with van der Waals surface area (Å²) in [6, 6.07) is 4.91. The molecule has 32 heavy (non-hydrogen) atoms. The number of hydrogen-bond donors (Lipinski definition) is 3. The van der Waals surface area contributed by atoms with E-state index in [-0.39, 0.29) is 45.6 Å². The van der Waals surface area contributed by atoms with Crippen molar-refractivity contribution in [1.82, 2.24) is 15.3 Å². The van der Waals surface area contributed by atoms with Crippen LogP contribution in [-0.2, 0) is 0 Å². The molecule has 0 unspecified atom stereocenters. The molecular weight excluding hydrogens is 438 g/mol. The van der Waals surface area contributed by atoms with Crippen molar-refractivity contribution in [1.29, 1.82) is 0 Å². The van der Waals surface area contributed by atoms with Gasteiger partial charge in [-0.2, -0.15) is 0 Å². The van der Waals surface area contributed by atoms with E-state index < -0.39 is 17.5 Å². The van der Waals surface area contributed by atoms with E-state index in [9.17, 15) is 23.5 Å². The van der Waals surface area contributed by atoms with Crippen LogP contribution in [0.15, 0.2) is 42.0 Å². The summed E-state index contributed by atoms with van der Waals surface area (Å²) in [5.41, 5.74) is 0.0998. The SMILES string of the molecule is O=C(Nc1ccncc1C(=O)NC1CCC(O)CC1)c1csc(-c2c(F)cccc2F)n1. The van der Waals surface area contributed by atoms with Gasteiger partial charge in [-0.3, -0.25) is 14.6 Å². The first-order valence-corrected chi connectivity index (χ1v) is 10.9. The van der Waals surface area contributed by atoms with Crippen molar-refractivity contribution in [3.8, 4) is 10.6 Å². The Morgan fingerprint density at radius 2 is 1.78 bits per heavy atom. The molecule has 166 valence electrons. The maximum absolute atomic E-state index is 14.0. The van der Waals surface area contributed by atoms with Crippen LogP contribution in [0.4, 0.5) is 14.5 Å². The lowest BCUT2D eigenvalue weighted by Crippen LogP contribution is -2.39. The van der Waals surface area contributed by atoms with Crippen LogP contribution in [0.5, 0.6) is 0 Å². The number of hydrogen-bond acceptors (Lipinski definition) is 6. The average molecular weight is 458 g/mol. The standard InChI is InChI=1S/C22H20F2N4O3S/c23-15-2-1-3-16(24)19(15)22-28-18(11-32-22)21(31)27-17-8-9-25-10-14(17)20(30)26-12-4-6-13(29)7-5-12/h1-3,8-13,29H,4-7H2,(H,26,30)(H,25,27,31). The van der Waals surface area contributed by atoms with Crippen molar-refractivity contribution in [2.45, 2.75) is 37.8 Å². The molecule has 0 radical (unpaired) electrons. The van der Waals surface area contributed by atoms with Crippen LogP contribution in [0.25, 0.3) is 10.6 Å². The highest BCUT2D eigenvalue weighted by Gasteiger charge is 2.23. The zero-order chi connectivity index (χ0) is 22.7. The fourth-order valence-corrected chi connectivity index (χ4v) is 4.40. The lowest BCUT2D eigenvalue weighted by molar-refractivity contribution is 0.0868. The summed E-state index contributed by atoms with van der Waals surface area (Å²) in [6.45, 7) is 0. The Morgan fingerprint density at radius 3 is 2.50 bits per heavy atom. The van der Waals surface area contributed by atoms with Gasteiger partial charge < -0.3 is 15.7 Å². The molecule has 0 saturated heterocycles. The van der Waals surface area contributed by atoms with E-state index in [0.29, 0.717) is 25.7 Å². The molecule has 1 aliphatic rings. The number of aliphatic hydroxyl groups is 1. The van der Waals surface area contributed by atoms with E-state index >= 15 is 0 Å². The number of amides is 2. The molecule has 0 aliphatic heterocycles. The smallest absolute Gasteiger partial charge is 0.275 e. The number of aromatic nitrogens is 2. The molecule has 4 rings (SSSR count). The fourth-order valence-electron chi connectivity index (χ4n) is 3.55. The van der Waals surface area contributed by atoms with E-state index in [1.54, 1.807) is 0 Å². The van der Waals surface area contributed by atoms with Gasteiger partial charge in [0.05, 0.1) is 22.9 Å².